The molecule has 1 aromatic rings. The van der Waals surface area contributed by atoms with Crippen LogP contribution in [0.4, 0.5) is 0 Å². The highest BCUT2D eigenvalue weighted by atomic mass is 79.9. The summed E-state index contributed by atoms with van der Waals surface area (Å²) < 4.78 is 6.24. The number of carbonyl (C=O) groups excluding carboxylic acids is 1. The van der Waals surface area contributed by atoms with Crippen LogP contribution in [0.5, 0.6) is 0 Å². The fourth-order valence-corrected chi connectivity index (χ4v) is 2.48. The van der Waals surface area contributed by atoms with E-state index in [0.717, 1.165) is 48.2 Å². The number of rotatable bonds is 3. The average Bonchev–Trinajstić information content (AvgIpc) is 2.40. The molecule has 98 valence electrons. The van der Waals surface area contributed by atoms with Crippen LogP contribution in [0.25, 0.3) is 0 Å². The van der Waals surface area contributed by atoms with Gasteiger partial charge < -0.3 is 10.1 Å². The third-order valence-corrected chi connectivity index (χ3v) is 3.83. The molecule has 1 N–H and O–H groups in total. The van der Waals surface area contributed by atoms with Gasteiger partial charge in [-0.3, -0.25) is 4.79 Å². The van der Waals surface area contributed by atoms with Crippen LogP contribution in [0.1, 0.15) is 28.8 Å². The molecule has 0 atom stereocenters. The Morgan fingerprint density at radius 2 is 2.17 bits per heavy atom. The van der Waals surface area contributed by atoms with E-state index in [9.17, 15) is 4.79 Å². The van der Waals surface area contributed by atoms with E-state index in [4.69, 9.17) is 4.74 Å². The summed E-state index contributed by atoms with van der Waals surface area (Å²) in [5, 5.41) is 3.02. The van der Waals surface area contributed by atoms with Gasteiger partial charge in [-0.25, -0.2) is 0 Å². The molecule has 0 saturated carbocycles. The first-order valence-corrected chi connectivity index (χ1v) is 7.08. The first-order chi connectivity index (χ1) is 8.66. The minimum atomic E-state index is 0.0142. The van der Waals surface area contributed by atoms with Gasteiger partial charge in [0.15, 0.2) is 0 Å². The van der Waals surface area contributed by atoms with Crippen LogP contribution >= 0.6 is 15.9 Å². The summed E-state index contributed by atoms with van der Waals surface area (Å²) in [5.41, 5.74) is 1.75. The number of halogens is 1. The van der Waals surface area contributed by atoms with Crippen molar-refractivity contribution in [3.63, 3.8) is 0 Å². The minimum absolute atomic E-state index is 0.0142. The van der Waals surface area contributed by atoms with E-state index in [2.05, 4.69) is 21.2 Å². The van der Waals surface area contributed by atoms with Gasteiger partial charge >= 0.3 is 0 Å². The number of hydrogen-bond donors (Lipinski definition) is 1. The number of amides is 1. The lowest BCUT2D eigenvalue weighted by Gasteiger charge is -2.22. The molecule has 4 heteroatoms. The van der Waals surface area contributed by atoms with Crippen LogP contribution in [0.15, 0.2) is 22.7 Å². The zero-order valence-corrected chi connectivity index (χ0v) is 12.1. The predicted octanol–water partition coefficient (Wildman–Crippen LogP) is 2.91. The van der Waals surface area contributed by atoms with Crippen LogP contribution in [-0.2, 0) is 4.74 Å². The molecule has 1 aliphatic rings. The molecule has 0 aliphatic carbocycles. The second-order valence-corrected chi connectivity index (χ2v) is 5.64. The molecule has 18 heavy (non-hydrogen) atoms. The quantitative estimate of drug-likeness (QED) is 0.932. The van der Waals surface area contributed by atoms with Crippen molar-refractivity contribution in [1.29, 1.82) is 0 Å². The van der Waals surface area contributed by atoms with E-state index >= 15 is 0 Å². The SMILES string of the molecule is Cc1ccc(Br)cc1C(=O)NCC1CCOCC1. The lowest BCUT2D eigenvalue weighted by atomic mass is 10.00. The van der Waals surface area contributed by atoms with Crippen LogP contribution in [0, 0.1) is 12.8 Å². The molecule has 0 aromatic heterocycles. The van der Waals surface area contributed by atoms with Crippen LogP contribution in [-0.4, -0.2) is 25.7 Å². The summed E-state index contributed by atoms with van der Waals surface area (Å²) in [7, 11) is 0. The Balaban J connectivity index is 1.92. The van der Waals surface area contributed by atoms with Crippen LogP contribution in [0.2, 0.25) is 0 Å². The smallest absolute Gasteiger partial charge is 0.251 e. The van der Waals surface area contributed by atoms with Crippen molar-refractivity contribution < 1.29 is 9.53 Å². The monoisotopic (exact) mass is 311 g/mol. The largest absolute Gasteiger partial charge is 0.381 e. The van der Waals surface area contributed by atoms with Crippen molar-refractivity contribution in [2.24, 2.45) is 5.92 Å². The summed E-state index contributed by atoms with van der Waals surface area (Å²) in [6, 6.07) is 5.77. The Bertz CT molecular complexity index is 428. The van der Waals surface area contributed by atoms with Gasteiger partial charge in [0.25, 0.3) is 5.91 Å². The molecule has 1 heterocycles. The Morgan fingerprint density at radius 3 is 2.89 bits per heavy atom. The van der Waals surface area contributed by atoms with E-state index in [1.165, 1.54) is 0 Å². The number of benzene rings is 1. The number of carbonyl (C=O) groups is 1. The van der Waals surface area contributed by atoms with Gasteiger partial charge in [0.1, 0.15) is 0 Å². The summed E-state index contributed by atoms with van der Waals surface area (Å²) in [6.07, 6.45) is 2.08. The molecule has 0 radical (unpaired) electrons. The molecule has 0 spiro atoms. The highest BCUT2D eigenvalue weighted by Gasteiger charge is 2.16. The summed E-state index contributed by atoms with van der Waals surface area (Å²) in [6.45, 7) is 4.33. The summed E-state index contributed by atoms with van der Waals surface area (Å²) >= 11 is 3.40. The molecule has 2 rings (SSSR count). The number of nitrogens with one attached hydrogen (secondary N) is 1. The van der Waals surface area contributed by atoms with Crippen molar-refractivity contribution in [3.05, 3.63) is 33.8 Å². The van der Waals surface area contributed by atoms with Gasteiger partial charge in [-0.1, -0.05) is 22.0 Å². The molecule has 0 bridgehead atoms. The second-order valence-electron chi connectivity index (χ2n) is 4.73. The Hall–Kier alpha value is -0.870. The van der Waals surface area contributed by atoms with Crippen LogP contribution < -0.4 is 5.32 Å². The van der Waals surface area contributed by atoms with E-state index < -0.39 is 0 Å². The standard InChI is InChI=1S/C14H18BrNO2/c1-10-2-3-12(15)8-13(10)14(17)16-9-11-4-6-18-7-5-11/h2-3,8,11H,4-7,9H2,1H3,(H,16,17). The topological polar surface area (TPSA) is 38.3 Å². The first kappa shape index (κ1) is 13.6. The van der Waals surface area contributed by atoms with Gasteiger partial charge in [0, 0.05) is 29.8 Å². The third kappa shape index (κ3) is 3.56. The average molecular weight is 312 g/mol. The number of ether oxygens (including phenoxy) is 1. The van der Waals surface area contributed by atoms with Gasteiger partial charge in [0.2, 0.25) is 0 Å². The third-order valence-electron chi connectivity index (χ3n) is 3.34. The lowest BCUT2D eigenvalue weighted by molar-refractivity contribution is 0.0642. The molecular formula is C14H18BrNO2. The maximum Gasteiger partial charge on any atom is 0.251 e. The number of aryl methyl sites for hydroxylation is 1. The van der Waals surface area contributed by atoms with Crippen molar-refractivity contribution in [3.8, 4) is 0 Å². The minimum Gasteiger partial charge on any atom is -0.381 e. The molecule has 0 unspecified atom stereocenters. The molecule has 1 aromatic carbocycles. The van der Waals surface area contributed by atoms with Gasteiger partial charge in [-0.05, 0) is 43.4 Å². The first-order valence-electron chi connectivity index (χ1n) is 6.29. The Kier molecular flexibility index (Phi) is 4.78. The van der Waals surface area contributed by atoms with Crippen LogP contribution in [0.3, 0.4) is 0 Å². The van der Waals surface area contributed by atoms with Gasteiger partial charge in [-0.2, -0.15) is 0 Å². The van der Waals surface area contributed by atoms with E-state index in [1.807, 2.05) is 25.1 Å². The molecule has 1 fully saturated rings. The molecule has 3 nitrogen and oxygen atoms in total. The normalized spacial score (nSPS) is 16.6. The fourth-order valence-electron chi connectivity index (χ4n) is 2.12. The van der Waals surface area contributed by atoms with Gasteiger partial charge in [-0.15, -0.1) is 0 Å². The molecule has 1 amide bonds. The highest BCUT2D eigenvalue weighted by Crippen LogP contribution is 2.17. The molecular weight excluding hydrogens is 294 g/mol. The fraction of sp³-hybridized carbons (Fsp3) is 0.500. The van der Waals surface area contributed by atoms with E-state index in [1.54, 1.807) is 0 Å². The Labute approximate surface area is 116 Å². The maximum atomic E-state index is 12.1. The molecule has 1 aliphatic heterocycles. The summed E-state index contributed by atoms with van der Waals surface area (Å²) in [5.74, 6) is 0.565. The second kappa shape index (κ2) is 6.34. The zero-order valence-electron chi connectivity index (χ0n) is 10.5. The predicted molar refractivity (Wildman–Crippen MR) is 74.8 cm³/mol. The molecule has 1 saturated heterocycles. The van der Waals surface area contributed by atoms with Crippen molar-refractivity contribution in [2.75, 3.05) is 19.8 Å². The summed E-state index contributed by atoms with van der Waals surface area (Å²) in [4.78, 5) is 12.1. The Morgan fingerprint density at radius 1 is 1.44 bits per heavy atom. The van der Waals surface area contributed by atoms with Crippen molar-refractivity contribution in [2.45, 2.75) is 19.8 Å². The maximum absolute atomic E-state index is 12.1. The van der Waals surface area contributed by atoms with E-state index in [0.29, 0.717) is 5.92 Å². The number of hydrogen-bond acceptors (Lipinski definition) is 2. The van der Waals surface area contributed by atoms with Crippen molar-refractivity contribution >= 4 is 21.8 Å². The highest BCUT2D eigenvalue weighted by molar-refractivity contribution is 9.10. The van der Waals surface area contributed by atoms with Gasteiger partial charge in [0.05, 0.1) is 0 Å². The van der Waals surface area contributed by atoms with E-state index in [-0.39, 0.29) is 5.91 Å². The zero-order chi connectivity index (χ0) is 13.0. The lowest BCUT2D eigenvalue weighted by Crippen LogP contribution is -2.32. The van der Waals surface area contributed by atoms with Crippen molar-refractivity contribution in [1.82, 2.24) is 5.32 Å².